The van der Waals surface area contributed by atoms with Crippen LogP contribution in [-0.2, 0) is 14.8 Å². The van der Waals surface area contributed by atoms with Crippen molar-refractivity contribution in [3.8, 4) is 0 Å². The van der Waals surface area contributed by atoms with Crippen LogP contribution >= 0.6 is 11.6 Å². The van der Waals surface area contributed by atoms with Gasteiger partial charge in [-0.25, -0.2) is 18.2 Å². The molecule has 1 aromatic carbocycles. The second-order valence-corrected chi connectivity index (χ2v) is 6.66. The van der Waals surface area contributed by atoms with Crippen molar-refractivity contribution >= 4 is 45.0 Å². The third kappa shape index (κ3) is 3.06. The summed E-state index contributed by atoms with van der Waals surface area (Å²) in [7, 11) is -4.10. The van der Waals surface area contributed by atoms with Crippen LogP contribution < -0.4 is 10.0 Å². The lowest BCUT2D eigenvalue weighted by atomic mass is 10.2. The quantitative estimate of drug-likeness (QED) is 0.876. The average molecular weight is 330 g/mol. The molecule has 112 valence electrons. The number of nitrogens with zero attached hydrogens (tertiary/aromatic N) is 1. The van der Waals surface area contributed by atoms with Crippen LogP contribution in [0.1, 0.15) is 12.5 Å². The predicted octanol–water partition coefficient (Wildman–Crippen LogP) is 1.47. The van der Waals surface area contributed by atoms with E-state index in [1.54, 1.807) is 19.1 Å². The van der Waals surface area contributed by atoms with Gasteiger partial charge in [0.25, 0.3) is 5.91 Å². The highest BCUT2D eigenvalue weighted by atomic mass is 35.5. The lowest BCUT2D eigenvalue weighted by Crippen LogP contribution is -2.51. The molecule has 0 fully saturated rings. The Morgan fingerprint density at radius 1 is 1.29 bits per heavy atom. The van der Waals surface area contributed by atoms with Gasteiger partial charge in [-0.3, -0.25) is 14.8 Å². The molecule has 0 aliphatic carbocycles. The maximum Gasteiger partial charge on any atom is 0.347 e. The highest BCUT2D eigenvalue weighted by Gasteiger charge is 2.39. The lowest BCUT2D eigenvalue weighted by molar-refractivity contribution is -0.118. The number of carbonyl (C=O) groups is 2. The molecule has 2 N–H and O–H groups in total. The first kappa shape index (κ1) is 15.5. The number of carbonyl (C=O) groups excluding carboxylic acids is 2. The van der Waals surface area contributed by atoms with Gasteiger partial charge in [0.1, 0.15) is 0 Å². The first-order valence-electron chi connectivity index (χ1n) is 5.89. The maximum atomic E-state index is 12.3. The minimum atomic E-state index is -4.10. The first-order valence-corrected chi connectivity index (χ1v) is 7.81. The molecular formula is C12H12ClN3O4S. The van der Waals surface area contributed by atoms with Gasteiger partial charge >= 0.3 is 6.03 Å². The van der Waals surface area contributed by atoms with Crippen LogP contribution in [0.2, 0.25) is 5.02 Å². The third-order valence-electron chi connectivity index (χ3n) is 2.96. The van der Waals surface area contributed by atoms with Gasteiger partial charge in [-0.15, -0.1) is 0 Å². The molecule has 0 spiro atoms. The molecule has 1 heterocycles. The number of nitrogens with one attached hydrogen (secondary N) is 2. The highest BCUT2D eigenvalue weighted by Crippen LogP contribution is 2.25. The fourth-order valence-electron chi connectivity index (χ4n) is 1.90. The van der Waals surface area contributed by atoms with Gasteiger partial charge < -0.3 is 0 Å². The van der Waals surface area contributed by atoms with E-state index in [2.05, 4.69) is 9.71 Å². The second kappa shape index (κ2) is 5.45. The Labute approximate surface area is 126 Å². The van der Waals surface area contributed by atoms with Crippen molar-refractivity contribution in [3.63, 3.8) is 0 Å². The Kier molecular flexibility index (Phi) is 4.02. The van der Waals surface area contributed by atoms with Crippen LogP contribution in [0.5, 0.6) is 0 Å². The van der Waals surface area contributed by atoms with Gasteiger partial charge in [0.05, 0.1) is 11.4 Å². The summed E-state index contributed by atoms with van der Waals surface area (Å²) in [5.41, 5.74) is 0.709. The van der Waals surface area contributed by atoms with E-state index in [4.69, 9.17) is 11.6 Å². The molecule has 7 nitrogen and oxygen atoms in total. The van der Waals surface area contributed by atoms with E-state index >= 15 is 0 Å². The van der Waals surface area contributed by atoms with E-state index in [-0.39, 0.29) is 11.4 Å². The molecule has 3 amide bonds. The fraction of sp³-hybridized carbons (Fsp3) is 0.250. The summed E-state index contributed by atoms with van der Waals surface area (Å²) in [6, 6.07) is 3.85. The second-order valence-electron chi connectivity index (χ2n) is 4.49. The number of hydrogen-bond acceptors (Lipinski definition) is 4. The topological polar surface area (TPSA) is 105 Å². The molecule has 1 aliphatic rings. The van der Waals surface area contributed by atoms with Gasteiger partial charge in [0.15, 0.2) is 5.25 Å². The number of urea groups is 1. The van der Waals surface area contributed by atoms with Gasteiger partial charge in [-0.05, 0) is 31.5 Å². The Morgan fingerprint density at radius 3 is 2.57 bits per heavy atom. The SMILES string of the molecule is CC1=NC(=O)NC(=O)C1S(=O)(=O)Nc1cccc(Cl)c1C. The molecule has 0 radical (unpaired) electrons. The summed E-state index contributed by atoms with van der Waals surface area (Å²) in [5, 5.41) is 0.698. The summed E-state index contributed by atoms with van der Waals surface area (Å²) < 4.78 is 27.0. The monoisotopic (exact) mass is 329 g/mol. The molecule has 21 heavy (non-hydrogen) atoms. The van der Waals surface area contributed by atoms with Gasteiger partial charge in [-0.2, -0.15) is 0 Å². The number of amides is 3. The van der Waals surface area contributed by atoms with Crippen molar-refractivity contribution < 1.29 is 18.0 Å². The summed E-state index contributed by atoms with van der Waals surface area (Å²) >= 11 is 5.92. The molecule has 0 bridgehead atoms. The Bertz CT molecular complexity index is 758. The number of halogens is 1. The molecule has 1 aliphatic heterocycles. The summed E-state index contributed by atoms with van der Waals surface area (Å²) in [5.74, 6) is -0.931. The molecule has 2 rings (SSSR count). The zero-order valence-corrected chi connectivity index (χ0v) is 12.7. The van der Waals surface area contributed by atoms with Crippen molar-refractivity contribution in [1.82, 2.24) is 5.32 Å². The number of benzene rings is 1. The summed E-state index contributed by atoms with van der Waals surface area (Å²) in [6.07, 6.45) is 0. The van der Waals surface area contributed by atoms with Crippen molar-refractivity contribution in [1.29, 1.82) is 0 Å². The third-order valence-corrected chi connectivity index (χ3v) is 5.05. The predicted molar refractivity (Wildman–Crippen MR) is 79.2 cm³/mol. The summed E-state index contributed by atoms with van der Waals surface area (Å²) in [6.45, 7) is 2.96. The number of imide groups is 1. The number of anilines is 1. The van der Waals surface area contributed by atoms with Crippen molar-refractivity contribution in [3.05, 3.63) is 28.8 Å². The molecule has 0 saturated heterocycles. The summed E-state index contributed by atoms with van der Waals surface area (Å²) in [4.78, 5) is 26.3. The van der Waals surface area contributed by atoms with Crippen LogP contribution in [0.25, 0.3) is 0 Å². The smallest absolute Gasteiger partial charge is 0.282 e. The maximum absolute atomic E-state index is 12.3. The molecular weight excluding hydrogens is 318 g/mol. The standard InChI is InChI=1S/C12H12ClN3O4S/c1-6-8(13)4-3-5-9(6)16-21(19,20)10-7(2)14-12(18)15-11(10)17/h3-5,10,16H,1-2H3,(H,15,17,18). The Hall–Kier alpha value is -1.93. The molecule has 0 aromatic heterocycles. The number of rotatable bonds is 3. The zero-order valence-electron chi connectivity index (χ0n) is 11.2. The van der Waals surface area contributed by atoms with Crippen molar-refractivity contribution in [2.45, 2.75) is 19.1 Å². The average Bonchev–Trinajstić information content (AvgIpc) is 2.33. The normalized spacial score (nSPS) is 19.0. The fourth-order valence-corrected chi connectivity index (χ4v) is 3.57. The largest absolute Gasteiger partial charge is 0.347 e. The van der Waals surface area contributed by atoms with Gasteiger partial charge in [-0.1, -0.05) is 17.7 Å². The lowest BCUT2D eigenvalue weighted by Gasteiger charge is -2.21. The molecule has 1 aromatic rings. The van der Waals surface area contributed by atoms with E-state index in [1.807, 2.05) is 5.32 Å². The Morgan fingerprint density at radius 2 is 1.95 bits per heavy atom. The van der Waals surface area contributed by atoms with E-state index in [1.165, 1.54) is 13.0 Å². The van der Waals surface area contributed by atoms with Crippen LogP contribution in [0.15, 0.2) is 23.2 Å². The number of hydrogen-bond donors (Lipinski definition) is 2. The molecule has 0 saturated carbocycles. The van der Waals surface area contributed by atoms with Crippen LogP contribution in [0, 0.1) is 6.92 Å². The van der Waals surface area contributed by atoms with Crippen molar-refractivity contribution in [2.24, 2.45) is 4.99 Å². The van der Waals surface area contributed by atoms with E-state index in [0.717, 1.165) is 0 Å². The Balaban J connectivity index is 2.39. The van der Waals surface area contributed by atoms with E-state index in [0.29, 0.717) is 10.6 Å². The number of sulfonamides is 1. The minimum absolute atomic E-state index is 0.0871. The van der Waals surface area contributed by atoms with Crippen molar-refractivity contribution in [2.75, 3.05) is 4.72 Å². The highest BCUT2D eigenvalue weighted by molar-refractivity contribution is 7.94. The molecule has 9 heteroatoms. The van der Waals surface area contributed by atoms with Crippen LogP contribution in [0.3, 0.4) is 0 Å². The molecule has 1 atom stereocenters. The van der Waals surface area contributed by atoms with Gasteiger partial charge in [0, 0.05) is 5.02 Å². The van der Waals surface area contributed by atoms with Crippen LogP contribution in [0.4, 0.5) is 10.5 Å². The minimum Gasteiger partial charge on any atom is -0.282 e. The zero-order chi connectivity index (χ0) is 15.8. The van der Waals surface area contributed by atoms with Gasteiger partial charge in [0.2, 0.25) is 10.0 Å². The first-order chi connectivity index (χ1) is 9.72. The molecule has 1 unspecified atom stereocenters. The number of aliphatic imine (C=N–C) groups is 1. The van der Waals surface area contributed by atoms with E-state index in [9.17, 15) is 18.0 Å². The van der Waals surface area contributed by atoms with E-state index < -0.39 is 27.2 Å². The van der Waals surface area contributed by atoms with Crippen LogP contribution in [-0.4, -0.2) is 31.3 Å².